The van der Waals surface area contributed by atoms with Gasteiger partial charge in [0, 0.05) is 6.54 Å². The SMILES string of the molecule is CC(C)S(=O)(=O)NCCC1CC1. The van der Waals surface area contributed by atoms with Crippen LogP contribution in [0.3, 0.4) is 0 Å². The van der Waals surface area contributed by atoms with Crippen molar-refractivity contribution < 1.29 is 8.42 Å². The van der Waals surface area contributed by atoms with E-state index in [9.17, 15) is 8.42 Å². The predicted octanol–water partition coefficient (Wildman–Crippen LogP) is 1.11. The lowest BCUT2D eigenvalue weighted by atomic mass is 10.3. The highest BCUT2D eigenvalue weighted by Crippen LogP contribution is 2.31. The van der Waals surface area contributed by atoms with E-state index in [-0.39, 0.29) is 5.25 Å². The highest BCUT2D eigenvalue weighted by Gasteiger charge is 2.22. The molecule has 0 aromatic carbocycles. The normalized spacial score (nSPS) is 18.6. The molecule has 0 heterocycles. The van der Waals surface area contributed by atoms with Crippen LogP contribution in [0.4, 0.5) is 0 Å². The number of hydrogen-bond acceptors (Lipinski definition) is 2. The standard InChI is InChI=1S/C8H17NO2S/c1-7(2)12(10,11)9-6-5-8-3-4-8/h7-9H,3-6H2,1-2H3. The van der Waals surface area contributed by atoms with Crippen LogP contribution in [0.5, 0.6) is 0 Å². The molecule has 0 aliphatic heterocycles. The molecule has 0 aromatic rings. The van der Waals surface area contributed by atoms with Gasteiger partial charge in [-0.1, -0.05) is 12.8 Å². The van der Waals surface area contributed by atoms with Gasteiger partial charge in [-0.15, -0.1) is 0 Å². The highest BCUT2D eigenvalue weighted by atomic mass is 32.2. The van der Waals surface area contributed by atoms with E-state index in [1.807, 2.05) is 0 Å². The van der Waals surface area contributed by atoms with Gasteiger partial charge in [0.2, 0.25) is 10.0 Å². The first-order valence-corrected chi connectivity index (χ1v) is 6.05. The Labute approximate surface area is 74.6 Å². The fraction of sp³-hybridized carbons (Fsp3) is 1.00. The van der Waals surface area contributed by atoms with Gasteiger partial charge in [-0.3, -0.25) is 0 Å². The maximum Gasteiger partial charge on any atom is 0.213 e. The number of nitrogens with one attached hydrogen (secondary N) is 1. The Kier molecular flexibility index (Phi) is 3.12. The first-order chi connectivity index (χ1) is 5.52. The lowest BCUT2D eigenvalue weighted by molar-refractivity contribution is 0.566. The molecule has 1 aliphatic rings. The Morgan fingerprint density at radius 1 is 1.42 bits per heavy atom. The summed E-state index contributed by atoms with van der Waals surface area (Å²) >= 11 is 0. The average molecular weight is 191 g/mol. The summed E-state index contributed by atoms with van der Waals surface area (Å²) in [4.78, 5) is 0. The molecule has 0 unspecified atom stereocenters. The van der Waals surface area contributed by atoms with E-state index in [2.05, 4.69) is 4.72 Å². The molecule has 1 aliphatic carbocycles. The largest absolute Gasteiger partial charge is 0.215 e. The molecule has 0 atom stereocenters. The van der Waals surface area contributed by atoms with E-state index in [1.54, 1.807) is 13.8 Å². The van der Waals surface area contributed by atoms with Crippen molar-refractivity contribution in [2.45, 2.75) is 38.4 Å². The molecular weight excluding hydrogens is 174 g/mol. The van der Waals surface area contributed by atoms with Crippen LogP contribution >= 0.6 is 0 Å². The zero-order valence-corrected chi connectivity index (χ0v) is 8.52. The fourth-order valence-corrected chi connectivity index (χ4v) is 1.71. The molecule has 1 fully saturated rings. The third kappa shape index (κ3) is 3.11. The third-order valence-electron chi connectivity index (χ3n) is 2.17. The Morgan fingerprint density at radius 3 is 2.42 bits per heavy atom. The van der Waals surface area contributed by atoms with Gasteiger partial charge in [0.25, 0.3) is 0 Å². The maximum absolute atomic E-state index is 11.2. The monoisotopic (exact) mass is 191 g/mol. The van der Waals surface area contributed by atoms with Crippen molar-refractivity contribution >= 4 is 10.0 Å². The summed E-state index contributed by atoms with van der Waals surface area (Å²) < 4.78 is 25.0. The molecule has 0 saturated heterocycles. The summed E-state index contributed by atoms with van der Waals surface area (Å²) in [5.41, 5.74) is 0. The second-order valence-corrected chi connectivity index (χ2v) is 6.04. The van der Waals surface area contributed by atoms with Crippen molar-refractivity contribution in [3.05, 3.63) is 0 Å². The van der Waals surface area contributed by atoms with Crippen LogP contribution in [0.2, 0.25) is 0 Å². The van der Waals surface area contributed by atoms with Crippen molar-refractivity contribution in [1.82, 2.24) is 4.72 Å². The minimum absolute atomic E-state index is 0.309. The molecule has 0 aromatic heterocycles. The zero-order chi connectivity index (χ0) is 9.19. The molecule has 0 bridgehead atoms. The number of rotatable bonds is 5. The summed E-state index contributed by atoms with van der Waals surface area (Å²) in [6, 6.07) is 0. The first kappa shape index (κ1) is 9.99. The van der Waals surface area contributed by atoms with Crippen LogP contribution in [-0.4, -0.2) is 20.2 Å². The lowest BCUT2D eigenvalue weighted by Crippen LogP contribution is -2.31. The van der Waals surface area contributed by atoms with Crippen molar-refractivity contribution in [1.29, 1.82) is 0 Å². The van der Waals surface area contributed by atoms with Crippen LogP contribution in [0.1, 0.15) is 33.1 Å². The first-order valence-electron chi connectivity index (χ1n) is 4.51. The summed E-state index contributed by atoms with van der Waals surface area (Å²) in [6.45, 7) is 4.00. The molecule has 4 heteroatoms. The molecule has 1 rings (SSSR count). The van der Waals surface area contributed by atoms with Gasteiger partial charge in [0.1, 0.15) is 0 Å². The van der Waals surface area contributed by atoms with Gasteiger partial charge in [0.05, 0.1) is 5.25 Å². The van der Waals surface area contributed by atoms with Crippen molar-refractivity contribution in [3.63, 3.8) is 0 Å². The number of sulfonamides is 1. The topological polar surface area (TPSA) is 46.2 Å². The molecule has 0 spiro atoms. The Hall–Kier alpha value is -0.0900. The lowest BCUT2D eigenvalue weighted by Gasteiger charge is -2.08. The molecule has 3 nitrogen and oxygen atoms in total. The quantitative estimate of drug-likeness (QED) is 0.707. The average Bonchev–Trinajstić information content (AvgIpc) is 2.70. The molecule has 12 heavy (non-hydrogen) atoms. The third-order valence-corrected chi connectivity index (χ3v) is 4.02. The van der Waals surface area contributed by atoms with Crippen LogP contribution in [-0.2, 0) is 10.0 Å². The van der Waals surface area contributed by atoms with E-state index in [0.717, 1.165) is 12.3 Å². The van der Waals surface area contributed by atoms with Gasteiger partial charge in [-0.2, -0.15) is 0 Å². The van der Waals surface area contributed by atoms with E-state index < -0.39 is 10.0 Å². The fourth-order valence-electron chi connectivity index (χ4n) is 0.979. The van der Waals surface area contributed by atoms with Gasteiger partial charge < -0.3 is 0 Å². The molecular formula is C8H17NO2S. The van der Waals surface area contributed by atoms with Crippen molar-refractivity contribution in [2.24, 2.45) is 5.92 Å². The molecule has 1 N–H and O–H groups in total. The molecule has 1 saturated carbocycles. The second kappa shape index (κ2) is 3.75. The van der Waals surface area contributed by atoms with Crippen LogP contribution in [0, 0.1) is 5.92 Å². The van der Waals surface area contributed by atoms with E-state index >= 15 is 0 Å². The van der Waals surface area contributed by atoms with E-state index in [1.165, 1.54) is 12.8 Å². The molecule has 72 valence electrons. The minimum Gasteiger partial charge on any atom is -0.215 e. The van der Waals surface area contributed by atoms with Crippen LogP contribution < -0.4 is 4.72 Å². The summed E-state index contributed by atoms with van der Waals surface area (Å²) in [6.07, 6.45) is 3.57. The van der Waals surface area contributed by atoms with Gasteiger partial charge in [-0.05, 0) is 26.2 Å². The van der Waals surface area contributed by atoms with E-state index in [0.29, 0.717) is 6.54 Å². The maximum atomic E-state index is 11.2. The van der Waals surface area contributed by atoms with Gasteiger partial charge in [-0.25, -0.2) is 13.1 Å². The minimum atomic E-state index is -3.02. The summed E-state index contributed by atoms with van der Waals surface area (Å²) in [7, 11) is -3.02. The Morgan fingerprint density at radius 2 is 2.00 bits per heavy atom. The summed E-state index contributed by atoms with van der Waals surface area (Å²) in [5, 5.41) is -0.309. The van der Waals surface area contributed by atoms with Crippen LogP contribution in [0.15, 0.2) is 0 Å². The van der Waals surface area contributed by atoms with E-state index in [4.69, 9.17) is 0 Å². The highest BCUT2D eigenvalue weighted by molar-refractivity contribution is 7.90. The van der Waals surface area contributed by atoms with Crippen molar-refractivity contribution in [3.8, 4) is 0 Å². The van der Waals surface area contributed by atoms with Gasteiger partial charge in [0.15, 0.2) is 0 Å². The summed E-state index contributed by atoms with van der Waals surface area (Å²) in [5.74, 6) is 0.792. The van der Waals surface area contributed by atoms with Gasteiger partial charge >= 0.3 is 0 Å². The molecule has 0 radical (unpaired) electrons. The Balaban J connectivity index is 2.20. The predicted molar refractivity (Wildman–Crippen MR) is 49.4 cm³/mol. The zero-order valence-electron chi connectivity index (χ0n) is 7.71. The van der Waals surface area contributed by atoms with Crippen molar-refractivity contribution in [2.75, 3.05) is 6.54 Å². The molecule has 0 amide bonds. The van der Waals surface area contributed by atoms with Crippen LogP contribution in [0.25, 0.3) is 0 Å². The number of hydrogen-bond donors (Lipinski definition) is 1. The second-order valence-electron chi connectivity index (χ2n) is 3.72. The smallest absolute Gasteiger partial charge is 0.213 e. The Bertz CT molecular complexity index is 229.